The Hall–Kier alpha value is -2.29. The Bertz CT molecular complexity index is 585. The highest BCUT2D eigenvalue weighted by atomic mass is 35.5. The molecule has 0 unspecified atom stereocenters. The molecule has 2 rings (SSSR count). The molecule has 0 aliphatic carbocycles. The van der Waals surface area contributed by atoms with E-state index in [0.717, 1.165) is 0 Å². The molecule has 9 nitrogen and oxygen atoms in total. The molecule has 0 saturated heterocycles. The van der Waals surface area contributed by atoms with Crippen molar-refractivity contribution in [2.75, 3.05) is 19.5 Å². The normalized spacial score (nSPS) is 10.2. The zero-order valence-electron chi connectivity index (χ0n) is 9.46. The fraction of sp³-hybridized carbons (Fsp3) is 0.250. The van der Waals surface area contributed by atoms with Gasteiger partial charge in [0.2, 0.25) is 11.2 Å². The van der Waals surface area contributed by atoms with Gasteiger partial charge in [-0.05, 0) is 11.6 Å². The van der Waals surface area contributed by atoms with E-state index in [2.05, 4.69) is 35.1 Å². The zero-order valence-corrected chi connectivity index (χ0v) is 10.2. The van der Waals surface area contributed by atoms with Crippen LogP contribution in [-0.2, 0) is 4.74 Å². The third kappa shape index (κ3) is 2.35. The van der Waals surface area contributed by atoms with Crippen molar-refractivity contribution in [1.29, 1.82) is 0 Å². The summed E-state index contributed by atoms with van der Waals surface area (Å²) in [5.41, 5.74) is 0. The molecule has 94 valence electrons. The number of carbonyl (C=O) groups excluding carboxylic acids is 1. The van der Waals surface area contributed by atoms with Crippen LogP contribution in [0.1, 0.15) is 10.6 Å². The lowest BCUT2D eigenvalue weighted by Gasteiger charge is -2.01. The molecule has 0 spiro atoms. The number of nitrogens with one attached hydrogen (secondary N) is 1. The number of anilines is 1. The van der Waals surface area contributed by atoms with Gasteiger partial charge in [0.25, 0.3) is 11.8 Å². The standard InChI is InChI=1S/C8H8ClN7O2/c1-10-7-12-6(9)13-8(14-7)16-3-11-4(15-16)5(17)18-2/h3H,1-2H3,(H,10,12,13,14). The van der Waals surface area contributed by atoms with Crippen LogP contribution in [-0.4, -0.2) is 49.8 Å². The van der Waals surface area contributed by atoms with E-state index in [0.29, 0.717) is 0 Å². The minimum absolute atomic E-state index is 0.000493. The summed E-state index contributed by atoms with van der Waals surface area (Å²) in [6.07, 6.45) is 1.28. The lowest BCUT2D eigenvalue weighted by Crippen LogP contribution is -2.09. The maximum Gasteiger partial charge on any atom is 0.377 e. The van der Waals surface area contributed by atoms with Crippen molar-refractivity contribution < 1.29 is 9.53 Å². The van der Waals surface area contributed by atoms with Gasteiger partial charge in [-0.15, -0.1) is 5.10 Å². The number of hydrogen-bond donors (Lipinski definition) is 1. The second-order valence-corrected chi connectivity index (χ2v) is 3.32. The molecule has 0 radical (unpaired) electrons. The van der Waals surface area contributed by atoms with Gasteiger partial charge < -0.3 is 10.1 Å². The fourth-order valence-electron chi connectivity index (χ4n) is 1.10. The second-order valence-electron chi connectivity index (χ2n) is 2.98. The van der Waals surface area contributed by atoms with Crippen LogP contribution >= 0.6 is 11.6 Å². The summed E-state index contributed by atoms with van der Waals surface area (Å²) in [5.74, 6) is -0.329. The molecule has 0 bridgehead atoms. The number of carbonyl (C=O) groups is 1. The van der Waals surface area contributed by atoms with Gasteiger partial charge in [-0.3, -0.25) is 0 Å². The Morgan fingerprint density at radius 2 is 2.22 bits per heavy atom. The Kier molecular flexibility index (Phi) is 3.33. The molecule has 1 N–H and O–H groups in total. The Balaban J connectivity index is 2.39. The lowest BCUT2D eigenvalue weighted by atomic mass is 10.6. The van der Waals surface area contributed by atoms with Gasteiger partial charge >= 0.3 is 5.97 Å². The maximum absolute atomic E-state index is 11.2. The van der Waals surface area contributed by atoms with Crippen molar-refractivity contribution in [3.8, 4) is 5.95 Å². The third-order valence-corrected chi connectivity index (χ3v) is 2.05. The van der Waals surface area contributed by atoms with E-state index >= 15 is 0 Å². The van der Waals surface area contributed by atoms with Crippen molar-refractivity contribution in [2.24, 2.45) is 0 Å². The quantitative estimate of drug-likeness (QED) is 0.772. The molecule has 0 saturated carbocycles. The number of aromatic nitrogens is 6. The van der Waals surface area contributed by atoms with E-state index < -0.39 is 5.97 Å². The highest BCUT2D eigenvalue weighted by Crippen LogP contribution is 2.08. The summed E-state index contributed by atoms with van der Waals surface area (Å²) in [6, 6.07) is 0. The van der Waals surface area contributed by atoms with Crippen molar-refractivity contribution in [3.05, 3.63) is 17.4 Å². The first-order valence-corrected chi connectivity index (χ1v) is 5.11. The number of rotatable bonds is 3. The van der Waals surface area contributed by atoms with E-state index in [-0.39, 0.29) is 23.0 Å². The molecule has 0 amide bonds. The summed E-state index contributed by atoms with van der Waals surface area (Å²) >= 11 is 5.72. The van der Waals surface area contributed by atoms with Crippen molar-refractivity contribution >= 4 is 23.5 Å². The fourth-order valence-corrected chi connectivity index (χ4v) is 1.25. The number of halogens is 1. The molecule has 0 atom stereocenters. The van der Waals surface area contributed by atoms with Crippen LogP contribution < -0.4 is 5.32 Å². The van der Waals surface area contributed by atoms with E-state index in [9.17, 15) is 4.79 Å². The largest absolute Gasteiger partial charge is 0.463 e. The predicted molar refractivity (Wildman–Crippen MR) is 60.6 cm³/mol. The minimum Gasteiger partial charge on any atom is -0.463 e. The maximum atomic E-state index is 11.2. The molecular formula is C8H8ClN7O2. The van der Waals surface area contributed by atoms with Gasteiger partial charge in [-0.1, -0.05) is 0 Å². The van der Waals surface area contributed by atoms with Crippen LogP contribution in [0.25, 0.3) is 5.95 Å². The van der Waals surface area contributed by atoms with Gasteiger partial charge in [-0.25, -0.2) is 9.78 Å². The molecule has 18 heavy (non-hydrogen) atoms. The second kappa shape index (κ2) is 4.92. The van der Waals surface area contributed by atoms with Crippen LogP contribution in [0.2, 0.25) is 5.28 Å². The van der Waals surface area contributed by atoms with E-state index in [4.69, 9.17) is 11.6 Å². The number of ether oxygens (including phenoxy) is 1. The number of methoxy groups -OCH3 is 1. The number of esters is 1. The first-order chi connectivity index (χ1) is 8.63. The minimum atomic E-state index is -0.650. The summed E-state index contributed by atoms with van der Waals surface area (Å²) in [4.78, 5) is 26.6. The van der Waals surface area contributed by atoms with Crippen LogP contribution in [0.3, 0.4) is 0 Å². The van der Waals surface area contributed by atoms with Gasteiger partial charge in [0.15, 0.2) is 0 Å². The smallest absolute Gasteiger partial charge is 0.377 e. The van der Waals surface area contributed by atoms with Crippen LogP contribution in [0.15, 0.2) is 6.33 Å². The molecule has 10 heteroatoms. The first-order valence-electron chi connectivity index (χ1n) is 4.73. The molecule has 2 aromatic rings. The summed E-state index contributed by atoms with van der Waals surface area (Å²) in [5, 5.41) is 6.58. The summed E-state index contributed by atoms with van der Waals surface area (Å²) < 4.78 is 5.68. The molecule has 0 aliphatic heterocycles. The third-order valence-electron chi connectivity index (χ3n) is 1.88. The predicted octanol–water partition coefficient (Wildman–Crippen LogP) is -0.0660. The van der Waals surface area contributed by atoms with E-state index in [1.165, 1.54) is 18.1 Å². The topological polar surface area (TPSA) is 108 Å². The highest BCUT2D eigenvalue weighted by Gasteiger charge is 2.14. The van der Waals surface area contributed by atoms with Crippen molar-refractivity contribution in [1.82, 2.24) is 29.7 Å². The average Bonchev–Trinajstić information content (AvgIpc) is 2.86. The first kappa shape index (κ1) is 12.2. The highest BCUT2D eigenvalue weighted by molar-refractivity contribution is 6.28. The summed E-state index contributed by atoms with van der Waals surface area (Å²) in [6.45, 7) is 0. The molecular weight excluding hydrogens is 262 g/mol. The van der Waals surface area contributed by atoms with Gasteiger partial charge in [-0.2, -0.15) is 19.6 Å². The van der Waals surface area contributed by atoms with Gasteiger partial charge in [0, 0.05) is 7.05 Å². The van der Waals surface area contributed by atoms with Crippen LogP contribution in [0.5, 0.6) is 0 Å². The SMILES string of the molecule is CNc1nc(Cl)nc(-n2cnc(C(=O)OC)n2)n1. The Labute approximate surface area is 106 Å². The average molecular weight is 270 g/mol. The molecule has 2 heterocycles. The van der Waals surface area contributed by atoms with Gasteiger partial charge in [0.05, 0.1) is 7.11 Å². The van der Waals surface area contributed by atoms with Crippen molar-refractivity contribution in [3.63, 3.8) is 0 Å². The van der Waals surface area contributed by atoms with E-state index in [1.807, 2.05) is 0 Å². The van der Waals surface area contributed by atoms with E-state index in [1.54, 1.807) is 7.05 Å². The molecule has 2 aromatic heterocycles. The number of nitrogens with zero attached hydrogens (tertiary/aromatic N) is 6. The molecule has 0 aromatic carbocycles. The molecule has 0 fully saturated rings. The number of hydrogen-bond acceptors (Lipinski definition) is 8. The Morgan fingerprint density at radius 3 is 2.89 bits per heavy atom. The monoisotopic (exact) mass is 269 g/mol. The van der Waals surface area contributed by atoms with Crippen LogP contribution in [0, 0.1) is 0 Å². The molecule has 0 aliphatic rings. The Morgan fingerprint density at radius 1 is 1.44 bits per heavy atom. The summed E-state index contributed by atoms with van der Waals surface area (Å²) in [7, 11) is 2.87. The lowest BCUT2D eigenvalue weighted by molar-refractivity contribution is 0.0587. The van der Waals surface area contributed by atoms with Crippen molar-refractivity contribution in [2.45, 2.75) is 0 Å². The van der Waals surface area contributed by atoms with Crippen LogP contribution in [0.4, 0.5) is 5.95 Å². The van der Waals surface area contributed by atoms with Gasteiger partial charge in [0.1, 0.15) is 6.33 Å². The zero-order chi connectivity index (χ0) is 13.1.